The van der Waals surface area contributed by atoms with E-state index < -0.39 is 0 Å². The molecule has 1 amide bonds. The molecular formula is C15H18N2O2. The second-order valence-corrected chi connectivity index (χ2v) is 4.53. The molecule has 0 radical (unpaired) electrons. The van der Waals surface area contributed by atoms with Gasteiger partial charge >= 0.3 is 0 Å². The molecule has 19 heavy (non-hydrogen) atoms. The van der Waals surface area contributed by atoms with Gasteiger partial charge in [-0.3, -0.25) is 4.79 Å². The van der Waals surface area contributed by atoms with Crippen LogP contribution in [-0.4, -0.2) is 5.91 Å². The minimum Gasteiger partial charge on any atom is -0.467 e. The quantitative estimate of drug-likeness (QED) is 0.866. The minimum absolute atomic E-state index is 0.0831. The first kappa shape index (κ1) is 13.4. The van der Waals surface area contributed by atoms with E-state index in [1.54, 1.807) is 12.3 Å². The van der Waals surface area contributed by atoms with E-state index >= 15 is 0 Å². The van der Waals surface area contributed by atoms with Gasteiger partial charge in [0.05, 0.1) is 12.3 Å². The SMILES string of the molecule is C[C@@H](NC(=O)C[C@@H](N)c1ccccc1)c1ccco1. The Hall–Kier alpha value is -2.07. The molecule has 0 fully saturated rings. The van der Waals surface area contributed by atoms with Crippen LogP contribution in [0.4, 0.5) is 0 Å². The highest BCUT2D eigenvalue weighted by molar-refractivity contribution is 5.77. The molecule has 0 spiro atoms. The van der Waals surface area contributed by atoms with E-state index in [0.29, 0.717) is 0 Å². The maximum absolute atomic E-state index is 11.9. The number of furan rings is 1. The van der Waals surface area contributed by atoms with E-state index in [4.69, 9.17) is 10.2 Å². The number of amides is 1. The van der Waals surface area contributed by atoms with E-state index in [0.717, 1.165) is 11.3 Å². The molecule has 0 saturated carbocycles. The molecule has 0 aliphatic rings. The van der Waals surface area contributed by atoms with Gasteiger partial charge in [0.25, 0.3) is 0 Å². The standard InChI is InChI=1S/C15H18N2O2/c1-11(14-8-5-9-19-14)17-15(18)10-13(16)12-6-3-2-4-7-12/h2-9,11,13H,10,16H2,1H3,(H,17,18)/t11-,13-/m1/s1. The molecule has 2 atom stereocenters. The van der Waals surface area contributed by atoms with Crippen molar-refractivity contribution in [3.63, 3.8) is 0 Å². The van der Waals surface area contributed by atoms with Crippen molar-refractivity contribution in [2.24, 2.45) is 5.73 Å². The second kappa shape index (κ2) is 6.20. The van der Waals surface area contributed by atoms with E-state index in [1.807, 2.05) is 43.3 Å². The number of benzene rings is 1. The Labute approximate surface area is 112 Å². The fourth-order valence-corrected chi connectivity index (χ4v) is 1.93. The van der Waals surface area contributed by atoms with Gasteiger partial charge in [-0.05, 0) is 24.6 Å². The molecule has 4 heteroatoms. The summed E-state index contributed by atoms with van der Waals surface area (Å²) < 4.78 is 5.24. The number of hydrogen-bond donors (Lipinski definition) is 2. The van der Waals surface area contributed by atoms with Crippen LogP contribution in [0.5, 0.6) is 0 Å². The largest absolute Gasteiger partial charge is 0.467 e. The first-order chi connectivity index (χ1) is 9.16. The second-order valence-electron chi connectivity index (χ2n) is 4.53. The van der Waals surface area contributed by atoms with Gasteiger partial charge in [0.15, 0.2) is 0 Å². The lowest BCUT2D eigenvalue weighted by Crippen LogP contribution is -2.29. The Bertz CT molecular complexity index is 508. The lowest BCUT2D eigenvalue weighted by Gasteiger charge is -2.15. The van der Waals surface area contributed by atoms with Gasteiger partial charge in [0.2, 0.25) is 5.91 Å². The van der Waals surface area contributed by atoms with Crippen LogP contribution in [0, 0.1) is 0 Å². The van der Waals surface area contributed by atoms with Crippen molar-refractivity contribution >= 4 is 5.91 Å². The van der Waals surface area contributed by atoms with Crippen molar-refractivity contribution in [1.82, 2.24) is 5.32 Å². The van der Waals surface area contributed by atoms with Crippen molar-refractivity contribution in [3.8, 4) is 0 Å². The monoisotopic (exact) mass is 258 g/mol. The predicted octanol–water partition coefficient (Wildman–Crippen LogP) is 2.55. The first-order valence-electron chi connectivity index (χ1n) is 6.30. The molecule has 2 rings (SSSR count). The zero-order chi connectivity index (χ0) is 13.7. The summed E-state index contributed by atoms with van der Waals surface area (Å²) in [4.78, 5) is 11.9. The predicted molar refractivity (Wildman–Crippen MR) is 73.3 cm³/mol. The lowest BCUT2D eigenvalue weighted by molar-refractivity contribution is -0.122. The first-order valence-corrected chi connectivity index (χ1v) is 6.30. The van der Waals surface area contributed by atoms with Crippen LogP contribution in [0.15, 0.2) is 53.1 Å². The smallest absolute Gasteiger partial charge is 0.222 e. The molecule has 2 aromatic rings. The summed E-state index contributed by atoms with van der Waals surface area (Å²) in [6.07, 6.45) is 1.85. The summed E-state index contributed by atoms with van der Waals surface area (Å²) in [5.74, 6) is 0.655. The van der Waals surface area contributed by atoms with Gasteiger partial charge in [-0.1, -0.05) is 30.3 Å². The van der Waals surface area contributed by atoms with E-state index in [2.05, 4.69) is 5.32 Å². The van der Waals surface area contributed by atoms with Crippen LogP contribution >= 0.6 is 0 Å². The highest BCUT2D eigenvalue weighted by Gasteiger charge is 2.15. The molecule has 100 valence electrons. The van der Waals surface area contributed by atoms with Gasteiger partial charge in [0.1, 0.15) is 5.76 Å². The van der Waals surface area contributed by atoms with Crippen molar-refractivity contribution in [2.75, 3.05) is 0 Å². The molecular weight excluding hydrogens is 240 g/mol. The number of rotatable bonds is 5. The lowest BCUT2D eigenvalue weighted by atomic mass is 10.0. The molecule has 0 aliphatic carbocycles. The molecule has 1 heterocycles. The Morgan fingerprint density at radius 1 is 1.26 bits per heavy atom. The van der Waals surface area contributed by atoms with Crippen LogP contribution in [0.3, 0.4) is 0 Å². The molecule has 1 aromatic heterocycles. The highest BCUT2D eigenvalue weighted by atomic mass is 16.3. The van der Waals surface area contributed by atoms with Gasteiger partial charge in [0, 0.05) is 12.5 Å². The minimum atomic E-state index is -0.287. The molecule has 0 bridgehead atoms. The van der Waals surface area contributed by atoms with Crippen molar-refractivity contribution in [1.29, 1.82) is 0 Å². The Kier molecular flexibility index (Phi) is 4.36. The molecule has 0 unspecified atom stereocenters. The van der Waals surface area contributed by atoms with E-state index in [9.17, 15) is 4.79 Å². The van der Waals surface area contributed by atoms with Crippen LogP contribution in [-0.2, 0) is 4.79 Å². The Morgan fingerprint density at radius 3 is 2.63 bits per heavy atom. The number of carbonyl (C=O) groups is 1. The molecule has 3 N–H and O–H groups in total. The van der Waals surface area contributed by atoms with Gasteiger partial charge in [-0.15, -0.1) is 0 Å². The van der Waals surface area contributed by atoms with Gasteiger partial charge in [-0.25, -0.2) is 0 Å². The maximum Gasteiger partial charge on any atom is 0.222 e. The summed E-state index contributed by atoms with van der Waals surface area (Å²) in [7, 11) is 0. The van der Waals surface area contributed by atoms with Crippen LogP contribution in [0.25, 0.3) is 0 Å². The molecule has 1 aromatic carbocycles. The van der Waals surface area contributed by atoms with Crippen LogP contribution in [0.1, 0.15) is 36.8 Å². The highest BCUT2D eigenvalue weighted by Crippen LogP contribution is 2.16. The average Bonchev–Trinajstić information content (AvgIpc) is 2.93. The fraction of sp³-hybridized carbons (Fsp3) is 0.267. The number of carbonyl (C=O) groups excluding carboxylic acids is 1. The topological polar surface area (TPSA) is 68.3 Å². The van der Waals surface area contributed by atoms with Crippen molar-refractivity contribution in [2.45, 2.75) is 25.4 Å². The maximum atomic E-state index is 11.9. The van der Waals surface area contributed by atoms with E-state index in [-0.39, 0.29) is 24.4 Å². The number of nitrogens with one attached hydrogen (secondary N) is 1. The fourth-order valence-electron chi connectivity index (χ4n) is 1.93. The Morgan fingerprint density at radius 2 is 2.00 bits per heavy atom. The number of nitrogens with two attached hydrogens (primary N) is 1. The summed E-state index contributed by atoms with van der Waals surface area (Å²) in [5, 5.41) is 2.87. The average molecular weight is 258 g/mol. The van der Waals surface area contributed by atoms with Crippen LogP contribution < -0.4 is 11.1 Å². The normalized spacial score (nSPS) is 13.8. The zero-order valence-corrected chi connectivity index (χ0v) is 10.9. The van der Waals surface area contributed by atoms with Crippen LogP contribution in [0.2, 0.25) is 0 Å². The summed E-state index contributed by atoms with van der Waals surface area (Å²) >= 11 is 0. The summed E-state index contributed by atoms with van der Waals surface area (Å²) in [6, 6.07) is 12.8. The third-order valence-corrected chi connectivity index (χ3v) is 2.98. The zero-order valence-electron chi connectivity index (χ0n) is 10.9. The third kappa shape index (κ3) is 3.69. The van der Waals surface area contributed by atoms with Gasteiger partial charge in [-0.2, -0.15) is 0 Å². The van der Waals surface area contributed by atoms with E-state index in [1.165, 1.54) is 0 Å². The number of hydrogen-bond acceptors (Lipinski definition) is 3. The van der Waals surface area contributed by atoms with Gasteiger partial charge < -0.3 is 15.5 Å². The Balaban J connectivity index is 1.88. The van der Waals surface area contributed by atoms with Crippen molar-refractivity contribution < 1.29 is 9.21 Å². The third-order valence-electron chi connectivity index (χ3n) is 2.98. The molecule has 0 aliphatic heterocycles. The van der Waals surface area contributed by atoms with Crippen molar-refractivity contribution in [3.05, 3.63) is 60.1 Å². The molecule has 0 saturated heterocycles. The summed E-state index contributed by atoms with van der Waals surface area (Å²) in [6.45, 7) is 1.88. The molecule has 4 nitrogen and oxygen atoms in total. The summed E-state index contributed by atoms with van der Waals surface area (Å²) in [5.41, 5.74) is 6.97.